The number of rotatable bonds is 5. The van der Waals surface area contributed by atoms with Gasteiger partial charge in [0.05, 0.1) is 19.2 Å². The first kappa shape index (κ1) is 16.8. The Labute approximate surface area is 139 Å². The molecule has 23 heavy (non-hydrogen) atoms. The molecule has 0 aliphatic heterocycles. The summed E-state index contributed by atoms with van der Waals surface area (Å²) in [5, 5.41) is 6.04. The van der Waals surface area contributed by atoms with Gasteiger partial charge in [-0.05, 0) is 35.9 Å². The van der Waals surface area contributed by atoms with Gasteiger partial charge < -0.3 is 15.4 Å². The fourth-order valence-corrected chi connectivity index (χ4v) is 2.32. The molecule has 0 unspecified atom stereocenters. The van der Waals surface area contributed by atoms with Crippen LogP contribution in [-0.4, -0.2) is 18.9 Å². The maximum atomic E-state index is 12.1. The van der Waals surface area contributed by atoms with Crippen molar-refractivity contribution >= 4 is 34.8 Å². The molecular weight excluding hydrogens is 316 g/mol. The highest BCUT2D eigenvalue weighted by molar-refractivity contribution is 6.30. The van der Waals surface area contributed by atoms with Crippen LogP contribution in [0.3, 0.4) is 0 Å². The number of carbonyl (C=O) groups excluding carboxylic acids is 2. The molecule has 0 aliphatic rings. The first-order valence-electron chi connectivity index (χ1n) is 6.98. The van der Waals surface area contributed by atoms with E-state index in [9.17, 15) is 9.59 Å². The van der Waals surface area contributed by atoms with Crippen molar-refractivity contribution in [1.82, 2.24) is 0 Å². The SMILES string of the molecule is COc1ccc(NC(=O)Cc2cccc(Cl)c2)cc1NC(C)=O. The summed E-state index contributed by atoms with van der Waals surface area (Å²) in [6, 6.07) is 12.2. The highest BCUT2D eigenvalue weighted by Gasteiger charge is 2.09. The lowest BCUT2D eigenvalue weighted by atomic mass is 10.1. The number of nitrogens with one attached hydrogen (secondary N) is 2. The predicted molar refractivity (Wildman–Crippen MR) is 91.1 cm³/mol. The maximum Gasteiger partial charge on any atom is 0.228 e. The summed E-state index contributed by atoms with van der Waals surface area (Å²) in [5.41, 5.74) is 1.90. The van der Waals surface area contributed by atoms with Gasteiger partial charge in [-0.25, -0.2) is 0 Å². The van der Waals surface area contributed by atoms with Gasteiger partial charge in [0, 0.05) is 17.6 Å². The Morgan fingerprint density at radius 1 is 1.13 bits per heavy atom. The third-order valence-corrected chi connectivity index (χ3v) is 3.28. The molecule has 0 heterocycles. The number of carbonyl (C=O) groups is 2. The number of amides is 2. The van der Waals surface area contributed by atoms with Crippen LogP contribution in [0.2, 0.25) is 5.02 Å². The Morgan fingerprint density at radius 2 is 1.91 bits per heavy atom. The van der Waals surface area contributed by atoms with Crippen LogP contribution in [0.25, 0.3) is 0 Å². The van der Waals surface area contributed by atoms with Gasteiger partial charge in [-0.15, -0.1) is 0 Å². The molecule has 0 fully saturated rings. The normalized spacial score (nSPS) is 10.0. The molecule has 0 aliphatic carbocycles. The standard InChI is InChI=1S/C17H17ClN2O3/c1-11(21)19-15-10-14(6-7-16(15)23-2)20-17(22)9-12-4-3-5-13(18)8-12/h3-8,10H,9H2,1-2H3,(H,19,21)(H,20,22). The molecular formula is C17H17ClN2O3. The minimum Gasteiger partial charge on any atom is -0.495 e. The zero-order valence-corrected chi connectivity index (χ0v) is 13.6. The molecule has 120 valence electrons. The fourth-order valence-electron chi connectivity index (χ4n) is 2.11. The van der Waals surface area contributed by atoms with Gasteiger partial charge in [-0.3, -0.25) is 9.59 Å². The summed E-state index contributed by atoms with van der Waals surface area (Å²) in [6.07, 6.45) is 0.210. The summed E-state index contributed by atoms with van der Waals surface area (Å²) in [6.45, 7) is 1.41. The summed E-state index contributed by atoms with van der Waals surface area (Å²) in [7, 11) is 1.51. The first-order valence-corrected chi connectivity index (χ1v) is 7.35. The van der Waals surface area contributed by atoms with Gasteiger partial charge in [0.15, 0.2) is 0 Å². The molecule has 0 bridgehead atoms. The third kappa shape index (κ3) is 5.00. The lowest BCUT2D eigenvalue weighted by Gasteiger charge is -2.12. The van der Waals surface area contributed by atoms with Gasteiger partial charge in [-0.1, -0.05) is 23.7 Å². The zero-order valence-electron chi connectivity index (χ0n) is 12.9. The van der Waals surface area contributed by atoms with E-state index in [-0.39, 0.29) is 18.2 Å². The average molecular weight is 333 g/mol. The topological polar surface area (TPSA) is 67.4 Å². The molecule has 5 nitrogen and oxygen atoms in total. The molecule has 0 atom stereocenters. The predicted octanol–water partition coefficient (Wildman–Crippen LogP) is 3.49. The molecule has 2 rings (SSSR count). The largest absolute Gasteiger partial charge is 0.495 e. The average Bonchev–Trinajstić information content (AvgIpc) is 2.46. The minimum atomic E-state index is -0.217. The molecule has 2 amide bonds. The van der Waals surface area contributed by atoms with E-state index in [4.69, 9.17) is 16.3 Å². The quantitative estimate of drug-likeness (QED) is 0.880. The van der Waals surface area contributed by atoms with Crippen LogP contribution >= 0.6 is 11.6 Å². The van der Waals surface area contributed by atoms with Crippen molar-refractivity contribution in [3.8, 4) is 5.75 Å². The lowest BCUT2D eigenvalue weighted by Crippen LogP contribution is -2.15. The van der Waals surface area contributed by atoms with Crippen molar-refractivity contribution < 1.29 is 14.3 Å². The van der Waals surface area contributed by atoms with E-state index in [2.05, 4.69) is 10.6 Å². The second kappa shape index (κ2) is 7.65. The van der Waals surface area contributed by atoms with Crippen molar-refractivity contribution in [1.29, 1.82) is 0 Å². The van der Waals surface area contributed by atoms with Gasteiger partial charge in [-0.2, -0.15) is 0 Å². The number of halogens is 1. The van der Waals surface area contributed by atoms with Gasteiger partial charge >= 0.3 is 0 Å². The van der Waals surface area contributed by atoms with Gasteiger partial charge in [0.1, 0.15) is 5.75 Å². The molecule has 0 saturated heterocycles. The van der Waals surface area contributed by atoms with Crippen molar-refractivity contribution in [2.75, 3.05) is 17.7 Å². The number of ether oxygens (including phenoxy) is 1. The molecule has 6 heteroatoms. The molecule has 0 radical (unpaired) electrons. The minimum absolute atomic E-state index is 0.175. The Kier molecular flexibility index (Phi) is 5.60. The molecule has 0 spiro atoms. The van der Waals surface area contributed by atoms with Crippen LogP contribution < -0.4 is 15.4 Å². The molecule has 2 aromatic rings. The Morgan fingerprint density at radius 3 is 2.57 bits per heavy atom. The maximum absolute atomic E-state index is 12.1. The van der Waals surface area contributed by atoms with E-state index in [1.54, 1.807) is 36.4 Å². The summed E-state index contributed by atoms with van der Waals surface area (Å²) in [5.74, 6) is 0.130. The van der Waals surface area contributed by atoms with Gasteiger partial charge in [0.2, 0.25) is 11.8 Å². The Balaban J connectivity index is 2.09. The third-order valence-electron chi connectivity index (χ3n) is 3.05. The second-order valence-electron chi connectivity index (χ2n) is 4.95. The highest BCUT2D eigenvalue weighted by Crippen LogP contribution is 2.27. The van der Waals surface area contributed by atoms with E-state index < -0.39 is 0 Å². The zero-order chi connectivity index (χ0) is 16.8. The smallest absolute Gasteiger partial charge is 0.228 e. The highest BCUT2D eigenvalue weighted by atomic mass is 35.5. The van der Waals surface area contributed by atoms with Crippen LogP contribution in [0.5, 0.6) is 5.75 Å². The van der Waals surface area contributed by atoms with Crippen LogP contribution in [0.15, 0.2) is 42.5 Å². The van der Waals surface area contributed by atoms with E-state index in [1.807, 2.05) is 6.07 Å². The van der Waals surface area contributed by atoms with E-state index in [1.165, 1.54) is 14.0 Å². The van der Waals surface area contributed by atoms with Crippen molar-refractivity contribution in [3.63, 3.8) is 0 Å². The molecule has 2 aromatic carbocycles. The van der Waals surface area contributed by atoms with E-state index in [0.717, 1.165) is 5.56 Å². The number of benzene rings is 2. The van der Waals surface area contributed by atoms with Crippen molar-refractivity contribution in [3.05, 3.63) is 53.1 Å². The Hall–Kier alpha value is -2.53. The number of anilines is 2. The second-order valence-corrected chi connectivity index (χ2v) is 5.39. The summed E-state index contributed by atoms with van der Waals surface area (Å²) < 4.78 is 5.17. The molecule has 0 saturated carbocycles. The van der Waals surface area contributed by atoms with E-state index in [0.29, 0.717) is 22.1 Å². The number of hydrogen-bond acceptors (Lipinski definition) is 3. The lowest BCUT2D eigenvalue weighted by molar-refractivity contribution is -0.115. The van der Waals surface area contributed by atoms with Gasteiger partial charge in [0.25, 0.3) is 0 Å². The van der Waals surface area contributed by atoms with Crippen LogP contribution in [0.4, 0.5) is 11.4 Å². The summed E-state index contributed by atoms with van der Waals surface area (Å²) >= 11 is 5.91. The molecule has 0 aromatic heterocycles. The van der Waals surface area contributed by atoms with Crippen LogP contribution in [-0.2, 0) is 16.0 Å². The monoisotopic (exact) mass is 332 g/mol. The van der Waals surface area contributed by atoms with Crippen molar-refractivity contribution in [2.45, 2.75) is 13.3 Å². The fraction of sp³-hybridized carbons (Fsp3) is 0.176. The number of hydrogen-bond donors (Lipinski definition) is 2. The van der Waals surface area contributed by atoms with Crippen LogP contribution in [0.1, 0.15) is 12.5 Å². The molecule has 2 N–H and O–H groups in total. The number of methoxy groups -OCH3 is 1. The van der Waals surface area contributed by atoms with Crippen LogP contribution in [0, 0.1) is 0 Å². The first-order chi connectivity index (χ1) is 11.0. The summed E-state index contributed by atoms with van der Waals surface area (Å²) in [4.78, 5) is 23.3. The Bertz CT molecular complexity index is 732. The van der Waals surface area contributed by atoms with Crippen molar-refractivity contribution in [2.24, 2.45) is 0 Å². The van der Waals surface area contributed by atoms with E-state index >= 15 is 0 Å².